The Labute approximate surface area is 198 Å². The van der Waals surface area contributed by atoms with Crippen LogP contribution in [-0.2, 0) is 21.4 Å². The highest BCUT2D eigenvalue weighted by Crippen LogP contribution is 2.21. The summed E-state index contributed by atoms with van der Waals surface area (Å²) in [6.45, 7) is -0.477. The minimum absolute atomic E-state index is 0.0154. The first-order valence-corrected chi connectivity index (χ1v) is 11.9. The van der Waals surface area contributed by atoms with Gasteiger partial charge in [0.1, 0.15) is 5.82 Å². The van der Waals surface area contributed by atoms with Crippen LogP contribution in [0.1, 0.15) is 11.1 Å². The molecule has 10 heteroatoms. The van der Waals surface area contributed by atoms with Crippen molar-refractivity contribution in [1.82, 2.24) is 9.73 Å². The SMILES string of the molecule is O=C(CN(Cc1ccc(Br)cc1)S(=O)(=O)c1ccc(Cl)cc1)N/N=C\c1ccc(F)cc1. The molecule has 6 nitrogen and oxygen atoms in total. The van der Waals surface area contributed by atoms with E-state index in [0.717, 1.165) is 8.78 Å². The summed E-state index contributed by atoms with van der Waals surface area (Å²) >= 11 is 9.21. The zero-order valence-electron chi connectivity index (χ0n) is 16.6. The Morgan fingerprint density at radius 3 is 2.28 bits per heavy atom. The Morgan fingerprint density at radius 1 is 1.03 bits per heavy atom. The molecule has 0 unspecified atom stereocenters. The topological polar surface area (TPSA) is 78.8 Å². The molecule has 3 aromatic carbocycles. The molecule has 0 heterocycles. The van der Waals surface area contributed by atoms with Crippen molar-refractivity contribution < 1.29 is 17.6 Å². The van der Waals surface area contributed by atoms with E-state index in [9.17, 15) is 17.6 Å². The zero-order chi connectivity index (χ0) is 23.1. The normalized spacial score (nSPS) is 11.8. The maximum absolute atomic E-state index is 13.2. The Balaban J connectivity index is 1.78. The lowest BCUT2D eigenvalue weighted by atomic mass is 10.2. The van der Waals surface area contributed by atoms with E-state index in [2.05, 4.69) is 26.5 Å². The van der Waals surface area contributed by atoms with Crippen LogP contribution in [0.25, 0.3) is 0 Å². The number of hydrazone groups is 1. The molecule has 0 atom stereocenters. The fourth-order valence-corrected chi connectivity index (χ4v) is 4.47. The predicted octanol–water partition coefficient (Wildman–Crippen LogP) is 4.58. The number of halogens is 3. The molecule has 1 amide bonds. The summed E-state index contributed by atoms with van der Waals surface area (Å²) in [5.74, 6) is -1.01. The van der Waals surface area contributed by atoms with Gasteiger partial charge in [-0.05, 0) is 59.7 Å². The Kier molecular flexibility index (Phi) is 8.14. The van der Waals surface area contributed by atoms with Crippen molar-refractivity contribution >= 4 is 49.7 Å². The number of hydrogen-bond acceptors (Lipinski definition) is 4. The molecule has 3 aromatic rings. The Bertz CT molecular complexity index is 1200. The number of carbonyl (C=O) groups is 1. The van der Waals surface area contributed by atoms with E-state index in [1.807, 2.05) is 0 Å². The van der Waals surface area contributed by atoms with E-state index in [1.165, 1.54) is 54.7 Å². The quantitative estimate of drug-likeness (QED) is 0.337. The first-order valence-electron chi connectivity index (χ1n) is 9.32. The van der Waals surface area contributed by atoms with Crippen molar-refractivity contribution in [2.75, 3.05) is 6.54 Å². The van der Waals surface area contributed by atoms with Gasteiger partial charge >= 0.3 is 0 Å². The zero-order valence-corrected chi connectivity index (χ0v) is 19.7. The summed E-state index contributed by atoms with van der Waals surface area (Å²) in [5, 5.41) is 4.22. The second kappa shape index (κ2) is 10.8. The van der Waals surface area contributed by atoms with Crippen molar-refractivity contribution in [2.45, 2.75) is 11.4 Å². The van der Waals surface area contributed by atoms with Crippen molar-refractivity contribution in [3.8, 4) is 0 Å². The lowest BCUT2D eigenvalue weighted by molar-refractivity contribution is -0.121. The van der Waals surface area contributed by atoms with Crippen LogP contribution >= 0.6 is 27.5 Å². The minimum atomic E-state index is -3.99. The van der Waals surface area contributed by atoms with Gasteiger partial charge in [-0.2, -0.15) is 9.41 Å². The summed E-state index contributed by atoms with van der Waals surface area (Å²) in [6, 6.07) is 18.3. The summed E-state index contributed by atoms with van der Waals surface area (Å²) in [6.07, 6.45) is 1.34. The van der Waals surface area contributed by atoms with Crippen LogP contribution in [0.4, 0.5) is 4.39 Å². The molecule has 0 aromatic heterocycles. The smallest absolute Gasteiger partial charge is 0.255 e. The molecular weight excluding hydrogens is 521 g/mol. The summed E-state index contributed by atoms with van der Waals surface area (Å²) in [5.41, 5.74) is 3.58. The largest absolute Gasteiger partial charge is 0.272 e. The second-order valence-corrected chi connectivity index (χ2v) is 9.99. The number of rotatable bonds is 8. The van der Waals surface area contributed by atoms with E-state index in [1.54, 1.807) is 24.3 Å². The van der Waals surface area contributed by atoms with Crippen molar-refractivity contribution in [3.05, 3.63) is 99.2 Å². The van der Waals surface area contributed by atoms with Crippen LogP contribution in [0, 0.1) is 5.82 Å². The maximum atomic E-state index is 13.2. The molecular formula is C22H18BrClFN3O3S. The van der Waals surface area contributed by atoms with Crippen molar-refractivity contribution in [1.29, 1.82) is 0 Å². The van der Waals surface area contributed by atoms with Gasteiger partial charge in [0.15, 0.2) is 0 Å². The number of benzene rings is 3. The van der Waals surface area contributed by atoms with E-state index in [0.29, 0.717) is 16.1 Å². The second-order valence-electron chi connectivity index (χ2n) is 6.70. The van der Waals surface area contributed by atoms with E-state index in [-0.39, 0.29) is 17.3 Å². The third-order valence-electron chi connectivity index (χ3n) is 4.32. The number of hydrogen-bond donors (Lipinski definition) is 1. The molecule has 0 saturated carbocycles. The van der Waals surface area contributed by atoms with Gasteiger partial charge < -0.3 is 0 Å². The minimum Gasteiger partial charge on any atom is -0.272 e. The summed E-state index contributed by atoms with van der Waals surface area (Å²) < 4.78 is 41.3. The highest BCUT2D eigenvalue weighted by Gasteiger charge is 2.27. The van der Waals surface area contributed by atoms with Gasteiger partial charge in [-0.15, -0.1) is 0 Å². The fraction of sp³-hybridized carbons (Fsp3) is 0.0909. The monoisotopic (exact) mass is 537 g/mol. The molecule has 0 fully saturated rings. The Hall–Kier alpha value is -2.59. The number of carbonyl (C=O) groups excluding carboxylic acids is 1. The van der Waals surface area contributed by atoms with Crippen LogP contribution in [0.15, 0.2) is 87.3 Å². The van der Waals surface area contributed by atoms with Crippen LogP contribution < -0.4 is 5.43 Å². The van der Waals surface area contributed by atoms with E-state index in [4.69, 9.17) is 11.6 Å². The molecule has 0 aliphatic rings. The lowest BCUT2D eigenvalue weighted by Gasteiger charge is -2.21. The van der Waals surface area contributed by atoms with Gasteiger partial charge in [0, 0.05) is 16.0 Å². The molecule has 0 bridgehead atoms. The van der Waals surface area contributed by atoms with Crippen LogP contribution in [0.5, 0.6) is 0 Å². The molecule has 166 valence electrons. The van der Waals surface area contributed by atoms with Gasteiger partial charge in [-0.3, -0.25) is 4.79 Å². The van der Waals surface area contributed by atoms with Crippen molar-refractivity contribution in [3.63, 3.8) is 0 Å². The van der Waals surface area contributed by atoms with E-state index < -0.39 is 22.5 Å². The lowest BCUT2D eigenvalue weighted by Crippen LogP contribution is -2.39. The first kappa shape index (κ1) is 24.1. The Morgan fingerprint density at radius 2 is 1.66 bits per heavy atom. The molecule has 0 spiro atoms. The standard InChI is InChI=1S/C22H18BrClFN3O3S/c23-18-5-1-17(2-6-18)14-28(32(30,31)21-11-7-19(24)8-12-21)15-22(29)27-26-13-16-3-9-20(25)10-4-16/h1-13H,14-15H2,(H,27,29)/b26-13-. The molecule has 0 saturated heterocycles. The van der Waals surface area contributed by atoms with Gasteiger partial charge in [-0.25, -0.2) is 18.2 Å². The average Bonchev–Trinajstić information content (AvgIpc) is 2.76. The molecule has 0 aliphatic carbocycles. The maximum Gasteiger partial charge on any atom is 0.255 e. The third-order valence-corrected chi connectivity index (χ3v) is 6.90. The van der Waals surface area contributed by atoms with Gasteiger partial charge in [0.05, 0.1) is 17.7 Å². The number of nitrogens with zero attached hydrogens (tertiary/aromatic N) is 2. The van der Waals surface area contributed by atoms with Crippen LogP contribution in [0.2, 0.25) is 5.02 Å². The number of sulfonamides is 1. The van der Waals surface area contributed by atoms with Crippen LogP contribution in [-0.4, -0.2) is 31.4 Å². The highest BCUT2D eigenvalue weighted by atomic mass is 79.9. The third kappa shape index (κ3) is 6.70. The summed E-state index contributed by atoms with van der Waals surface area (Å²) in [4.78, 5) is 12.5. The van der Waals surface area contributed by atoms with Crippen LogP contribution in [0.3, 0.4) is 0 Å². The highest BCUT2D eigenvalue weighted by molar-refractivity contribution is 9.10. The average molecular weight is 539 g/mol. The van der Waals surface area contributed by atoms with Gasteiger partial charge in [0.2, 0.25) is 10.0 Å². The number of amides is 1. The van der Waals surface area contributed by atoms with Gasteiger partial charge in [-0.1, -0.05) is 51.8 Å². The van der Waals surface area contributed by atoms with Gasteiger partial charge in [0.25, 0.3) is 5.91 Å². The van der Waals surface area contributed by atoms with Crippen molar-refractivity contribution in [2.24, 2.45) is 5.10 Å². The fourth-order valence-electron chi connectivity index (χ4n) is 2.70. The summed E-state index contributed by atoms with van der Waals surface area (Å²) in [7, 11) is -3.99. The predicted molar refractivity (Wildman–Crippen MR) is 125 cm³/mol. The molecule has 0 aliphatic heterocycles. The molecule has 3 rings (SSSR count). The molecule has 32 heavy (non-hydrogen) atoms. The molecule has 0 radical (unpaired) electrons. The number of nitrogens with one attached hydrogen (secondary N) is 1. The molecule has 1 N–H and O–H groups in total. The first-order chi connectivity index (χ1) is 15.2. The van der Waals surface area contributed by atoms with E-state index >= 15 is 0 Å².